The first-order valence-corrected chi connectivity index (χ1v) is 12.6. The lowest BCUT2D eigenvalue weighted by Gasteiger charge is -2.12. The van der Waals surface area contributed by atoms with Crippen LogP contribution < -0.4 is 5.32 Å². The van der Waals surface area contributed by atoms with Crippen molar-refractivity contribution in [3.05, 3.63) is 89.1 Å². The van der Waals surface area contributed by atoms with Crippen molar-refractivity contribution in [3.8, 4) is 11.5 Å². The lowest BCUT2D eigenvalue weighted by atomic mass is 10.0. The second kappa shape index (κ2) is 11.8. The van der Waals surface area contributed by atoms with Crippen LogP contribution in [0.4, 0.5) is 5.69 Å². The van der Waals surface area contributed by atoms with Gasteiger partial charge in [0.1, 0.15) is 18.1 Å². The number of aliphatic hydroxyl groups excluding tert-OH is 1. The minimum Gasteiger partial charge on any atom is -0.507 e. The number of benzene rings is 3. The molecule has 7 heteroatoms. The van der Waals surface area contributed by atoms with Gasteiger partial charge < -0.3 is 29.9 Å². The van der Waals surface area contributed by atoms with E-state index in [1.54, 1.807) is 37.4 Å². The van der Waals surface area contributed by atoms with Gasteiger partial charge in [-0.05, 0) is 60.4 Å². The van der Waals surface area contributed by atoms with E-state index in [1.165, 1.54) is 0 Å². The van der Waals surface area contributed by atoms with Gasteiger partial charge in [-0.2, -0.15) is 0 Å². The molecule has 7 nitrogen and oxygen atoms in total. The van der Waals surface area contributed by atoms with E-state index < -0.39 is 12.1 Å². The van der Waals surface area contributed by atoms with Crippen molar-refractivity contribution in [2.75, 3.05) is 19.0 Å². The van der Waals surface area contributed by atoms with Gasteiger partial charge in [-0.25, -0.2) is 4.79 Å². The third kappa shape index (κ3) is 6.24. The number of phenolic OH excluding ortho intramolecular Hbond substituents is 2. The molecular formula is C30H34N2O5. The van der Waals surface area contributed by atoms with Gasteiger partial charge in [-0.1, -0.05) is 37.6 Å². The molecule has 0 aliphatic rings. The van der Waals surface area contributed by atoms with Gasteiger partial charge in [0, 0.05) is 36.3 Å². The van der Waals surface area contributed by atoms with E-state index >= 15 is 0 Å². The molecule has 3 aromatic carbocycles. The number of aromatic nitrogens is 1. The number of nitrogens with one attached hydrogen (secondary N) is 1. The molecule has 0 bridgehead atoms. The number of nitrogens with zero attached hydrogens (tertiary/aromatic N) is 1. The van der Waals surface area contributed by atoms with Crippen molar-refractivity contribution < 1.29 is 24.9 Å². The summed E-state index contributed by atoms with van der Waals surface area (Å²) in [6, 6.07) is 18.2. The fourth-order valence-electron chi connectivity index (χ4n) is 4.54. The van der Waals surface area contributed by atoms with E-state index in [1.807, 2.05) is 41.1 Å². The number of rotatable bonds is 11. The van der Waals surface area contributed by atoms with Crippen LogP contribution in [0.3, 0.4) is 0 Å². The second-order valence-corrected chi connectivity index (χ2v) is 9.30. The number of hydrogen-bond acceptors (Lipinski definition) is 6. The van der Waals surface area contributed by atoms with Crippen LogP contribution in [0.1, 0.15) is 46.8 Å². The van der Waals surface area contributed by atoms with E-state index in [0.29, 0.717) is 11.1 Å². The highest BCUT2D eigenvalue weighted by atomic mass is 16.5. The molecule has 37 heavy (non-hydrogen) atoms. The summed E-state index contributed by atoms with van der Waals surface area (Å²) < 4.78 is 7.31. The third-order valence-electron chi connectivity index (χ3n) is 6.53. The maximum Gasteiger partial charge on any atom is 0.338 e. The van der Waals surface area contributed by atoms with Gasteiger partial charge in [0.15, 0.2) is 0 Å². The first-order chi connectivity index (χ1) is 17.9. The number of para-hydroxylation sites is 1. The quantitative estimate of drug-likeness (QED) is 0.209. The molecule has 0 spiro atoms. The second-order valence-electron chi connectivity index (χ2n) is 9.30. The van der Waals surface area contributed by atoms with Crippen molar-refractivity contribution in [1.82, 2.24) is 4.57 Å². The fourth-order valence-corrected chi connectivity index (χ4v) is 4.54. The molecule has 4 aromatic rings. The average molecular weight is 503 g/mol. The molecule has 0 radical (unpaired) electrons. The highest BCUT2D eigenvalue weighted by Gasteiger charge is 2.17. The summed E-state index contributed by atoms with van der Waals surface area (Å²) in [5, 5.41) is 35.9. The molecule has 0 saturated carbocycles. The molecular weight excluding hydrogens is 468 g/mol. The van der Waals surface area contributed by atoms with Crippen LogP contribution in [0.25, 0.3) is 10.9 Å². The van der Waals surface area contributed by atoms with Crippen LogP contribution in [0.15, 0.2) is 66.9 Å². The fraction of sp³-hybridized carbons (Fsp3) is 0.300. The summed E-state index contributed by atoms with van der Waals surface area (Å²) in [6.45, 7) is 2.24. The van der Waals surface area contributed by atoms with Gasteiger partial charge in [-0.15, -0.1) is 0 Å². The molecule has 0 aliphatic carbocycles. The van der Waals surface area contributed by atoms with Crippen LogP contribution >= 0.6 is 0 Å². The number of esters is 1. The Morgan fingerprint density at radius 3 is 2.54 bits per heavy atom. The van der Waals surface area contributed by atoms with E-state index in [0.717, 1.165) is 47.0 Å². The van der Waals surface area contributed by atoms with Gasteiger partial charge in [-0.3, -0.25) is 0 Å². The zero-order valence-electron chi connectivity index (χ0n) is 21.3. The number of aromatic hydroxyl groups is 2. The highest BCUT2D eigenvalue weighted by Crippen LogP contribution is 2.32. The molecule has 1 atom stereocenters. The molecule has 0 unspecified atom stereocenters. The third-order valence-corrected chi connectivity index (χ3v) is 6.53. The Labute approximate surface area is 217 Å². The number of anilines is 1. The molecule has 0 aliphatic heterocycles. The zero-order valence-corrected chi connectivity index (χ0v) is 21.3. The van der Waals surface area contributed by atoms with Crippen molar-refractivity contribution >= 4 is 22.6 Å². The number of hydrogen-bond donors (Lipinski definition) is 4. The van der Waals surface area contributed by atoms with Crippen molar-refractivity contribution in [2.24, 2.45) is 0 Å². The van der Waals surface area contributed by atoms with Gasteiger partial charge in [0.25, 0.3) is 0 Å². The Balaban J connectivity index is 1.48. The number of phenols is 2. The van der Waals surface area contributed by atoms with Crippen molar-refractivity contribution in [1.29, 1.82) is 0 Å². The normalized spacial score (nSPS) is 12.0. The summed E-state index contributed by atoms with van der Waals surface area (Å²) in [7, 11) is 1.77. The summed E-state index contributed by atoms with van der Waals surface area (Å²) in [5.74, 6) is -0.355. The van der Waals surface area contributed by atoms with Crippen LogP contribution in [-0.2, 0) is 24.1 Å². The highest BCUT2D eigenvalue weighted by molar-refractivity contribution is 5.90. The largest absolute Gasteiger partial charge is 0.507 e. The van der Waals surface area contributed by atoms with E-state index in [4.69, 9.17) is 4.74 Å². The number of carbonyl (C=O) groups is 1. The Morgan fingerprint density at radius 2 is 1.81 bits per heavy atom. The summed E-state index contributed by atoms with van der Waals surface area (Å²) in [4.78, 5) is 12.4. The molecule has 0 fully saturated rings. The topological polar surface area (TPSA) is 104 Å². The predicted molar refractivity (Wildman–Crippen MR) is 145 cm³/mol. The number of unbranched alkanes of at least 4 members (excludes halogenated alkanes) is 1. The van der Waals surface area contributed by atoms with Crippen LogP contribution in [-0.4, -0.2) is 45.6 Å². The summed E-state index contributed by atoms with van der Waals surface area (Å²) in [5.41, 5.74) is 4.38. The average Bonchev–Trinajstić information content (AvgIpc) is 3.25. The Morgan fingerprint density at radius 1 is 1.05 bits per heavy atom. The minimum absolute atomic E-state index is 0.0692. The van der Waals surface area contributed by atoms with Crippen LogP contribution in [0.5, 0.6) is 11.5 Å². The monoisotopic (exact) mass is 502 g/mol. The number of aryl methyl sites for hydroxylation is 1. The Bertz CT molecular complexity index is 1350. The Hall–Kier alpha value is -3.97. The van der Waals surface area contributed by atoms with Crippen LogP contribution in [0.2, 0.25) is 0 Å². The van der Waals surface area contributed by atoms with Crippen LogP contribution in [0, 0.1) is 0 Å². The first kappa shape index (κ1) is 26.1. The maximum atomic E-state index is 12.4. The van der Waals surface area contributed by atoms with E-state index in [-0.39, 0.29) is 31.1 Å². The maximum absolute atomic E-state index is 12.4. The SMILES string of the molecule is CCCCc1cc(O)c(Cn2cc(C[C@H](O)COC(=O)c3cccc(NC)c3)c3ccccc32)c(O)c1. The lowest BCUT2D eigenvalue weighted by molar-refractivity contribution is 0.0259. The van der Waals surface area contributed by atoms with Crippen molar-refractivity contribution in [3.63, 3.8) is 0 Å². The lowest BCUT2D eigenvalue weighted by Crippen LogP contribution is -2.21. The number of ether oxygens (including phenoxy) is 1. The number of fused-ring (bicyclic) bond motifs is 1. The Kier molecular flexibility index (Phi) is 8.36. The molecule has 0 saturated heterocycles. The first-order valence-electron chi connectivity index (χ1n) is 12.6. The van der Waals surface area contributed by atoms with E-state index in [2.05, 4.69) is 12.2 Å². The molecule has 1 heterocycles. The molecule has 0 amide bonds. The predicted octanol–water partition coefficient (Wildman–Crippen LogP) is 5.25. The standard InChI is InChI=1S/C30H34N2O5/c1-3-4-8-20-13-28(34)26(29(35)14-20)18-32-17-22(25-11-5-6-12-27(25)32)16-24(33)19-37-30(36)21-9-7-10-23(15-21)31-2/h5-7,9-15,17,24,31,33-35H,3-4,8,16,18-19H2,1-2H3/t24-/m0/s1. The molecule has 1 aromatic heterocycles. The molecule has 4 rings (SSSR count). The number of carbonyl (C=O) groups excluding carboxylic acids is 1. The summed E-state index contributed by atoms with van der Waals surface area (Å²) in [6.07, 6.45) is 4.13. The zero-order chi connectivity index (χ0) is 26.4. The van der Waals surface area contributed by atoms with Gasteiger partial charge >= 0.3 is 5.97 Å². The molecule has 194 valence electrons. The van der Waals surface area contributed by atoms with Gasteiger partial charge in [0.2, 0.25) is 0 Å². The van der Waals surface area contributed by atoms with Crippen molar-refractivity contribution in [2.45, 2.75) is 45.3 Å². The minimum atomic E-state index is -0.893. The summed E-state index contributed by atoms with van der Waals surface area (Å²) >= 11 is 0. The van der Waals surface area contributed by atoms with Gasteiger partial charge in [0.05, 0.1) is 23.8 Å². The molecule has 4 N–H and O–H groups in total. The van der Waals surface area contributed by atoms with E-state index in [9.17, 15) is 20.1 Å². The number of aliphatic hydroxyl groups is 1. The smallest absolute Gasteiger partial charge is 0.338 e.